The molecule has 0 amide bonds. The van der Waals surface area contributed by atoms with Crippen molar-refractivity contribution in [2.24, 2.45) is 0 Å². The monoisotopic (exact) mass is 512 g/mol. The first-order valence-electron chi connectivity index (χ1n) is 10.1. The number of rotatable bonds is 4. The first kappa shape index (κ1) is 21.5. The van der Waals surface area contributed by atoms with Gasteiger partial charge in [0.15, 0.2) is 11.5 Å². The Morgan fingerprint density at radius 2 is 1.52 bits per heavy atom. The zero-order valence-electron chi connectivity index (χ0n) is 17.0. The Balaban J connectivity index is 1.74. The van der Waals surface area contributed by atoms with Gasteiger partial charge < -0.3 is 4.74 Å². The van der Waals surface area contributed by atoms with Gasteiger partial charge in [-0.15, -0.1) is 0 Å². The topological polar surface area (TPSA) is 44.1 Å². The van der Waals surface area contributed by atoms with Crippen LogP contribution in [0.25, 0.3) is 5.69 Å². The molecular formula is C25H16BrF3N2O2. The Labute approximate surface area is 195 Å². The predicted molar refractivity (Wildman–Crippen MR) is 120 cm³/mol. The third-order valence-corrected chi connectivity index (χ3v) is 6.07. The molecule has 2 atom stereocenters. The second kappa shape index (κ2) is 8.19. The lowest BCUT2D eigenvalue weighted by Gasteiger charge is -2.20. The van der Waals surface area contributed by atoms with Gasteiger partial charge in [-0.1, -0.05) is 76.6 Å². The van der Waals surface area contributed by atoms with Gasteiger partial charge in [0.2, 0.25) is 5.88 Å². The second-order valence-corrected chi connectivity index (χ2v) is 8.53. The molecular weight excluding hydrogens is 497 g/mol. The van der Waals surface area contributed by atoms with Crippen LogP contribution < -0.4 is 4.74 Å². The van der Waals surface area contributed by atoms with Gasteiger partial charge in [0.25, 0.3) is 0 Å². The molecule has 5 rings (SSSR count). The van der Waals surface area contributed by atoms with E-state index >= 15 is 0 Å². The molecule has 0 N–H and O–H groups in total. The first-order valence-corrected chi connectivity index (χ1v) is 10.9. The Bertz CT molecular complexity index is 1300. The normalized spacial score (nSPS) is 17.5. The molecule has 1 aliphatic heterocycles. The van der Waals surface area contributed by atoms with Crippen molar-refractivity contribution in [3.05, 3.63) is 112 Å². The number of fused-ring (bicyclic) bond motifs is 1. The Morgan fingerprint density at radius 1 is 0.909 bits per heavy atom. The summed E-state index contributed by atoms with van der Waals surface area (Å²) in [7, 11) is 0. The molecule has 1 aliphatic rings. The molecule has 0 unspecified atom stereocenters. The van der Waals surface area contributed by atoms with Crippen molar-refractivity contribution in [3.8, 4) is 11.6 Å². The van der Waals surface area contributed by atoms with Gasteiger partial charge in [0.1, 0.15) is 6.10 Å². The molecule has 0 radical (unpaired) electrons. The van der Waals surface area contributed by atoms with Crippen LogP contribution in [-0.4, -0.2) is 15.6 Å². The van der Waals surface area contributed by atoms with Gasteiger partial charge in [0, 0.05) is 10.0 Å². The molecule has 0 fully saturated rings. The molecule has 0 saturated carbocycles. The van der Waals surface area contributed by atoms with E-state index in [0.717, 1.165) is 9.15 Å². The van der Waals surface area contributed by atoms with E-state index in [0.29, 0.717) is 16.8 Å². The fraction of sp³-hybridized carbons (Fsp3) is 0.120. The number of carbonyl (C=O) groups is 1. The highest BCUT2D eigenvalue weighted by Gasteiger charge is 2.51. The molecule has 4 nitrogen and oxygen atoms in total. The summed E-state index contributed by atoms with van der Waals surface area (Å²) in [6, 6.07) is 23.7. The number of ketones is 1. The van der Waals surface area contributed by atoms with Crippen molar-refractivity contribution in [2.45, 2.75) is 18.2 Å². The molecule has 0 bridgehead atoms. The summed E-state index contributed by atoms with van der Waals surface area (Å²) in [5.41, 5.74) is -0.0481. The second-order valence-electron chi connectivity index (χ2n) is 7.61. The third-order valence-electron chi connectivity index (χ3n) is 5.54. The number of benzene rings is 3. The van der Waals surface area contributed by atoms with E-state index in [-0.39, 0.29) is 11.4 Å². The third kappa shape index (κ3) is 3.84. The van der Waals surface area contributed by atoms with E-state index in [9.17, 15) is 18.0 Å². The summed E-state index contributed by atoms with van der Waals surface area (Å²) >= 11 is 3.36. The van der Waals surface area contributed by atoms with Crippen LogP contribution in [0.15, 0.2) is 89.4 Å². The van der Waals surface area contributed by atoms with Crippen molar-refractivity contribution < 1.29 is 22.7 Å². The first-order chi connectivity index (χ1) is 15.8. The van der Waals surface area contributed by atoms with Crippen LogP contribution >= 0.6 is 15.9 Å². The van der Waals surface area contributed by atoms with Crippen molar-refractivity contribution in [1.82, 2.24) is 9.78 Å². The van der Waals surface area contributed by atoms with Crippen molar-refractivity contribution in [2.75, 3.05) is 0 Å². The smallest absolute Gasteiger partial charge is 0.435 e. The Hall–Kier alpha value is -3.39. The van der Waals surface area contributed by atoms with E-state index in [1.807, 2.05) is 0 Å². The Kier molecular flexibility index (Phi) is 5.32. The summed E-state index contributed by atoms with van der Waals surface area (Å²) in [5, 5.41) is 3.85. The minimum atomic E-state index is -4.77. The summed E-state index contributed by atoms with van der Waals surface area (Å²) in [5.74, 6) is -1.74. The maximum Gasteiger partial charge on any atom is 0.435 e. The number of para-hydroxylation sites is 1. The van der Waals surface area contributed by atoms with E-state index in [4.69, 9.17) is 4.74 Å². The SMILES string of the molecule is O=C(c1ccccc1)[C@H]1c2c(C(F)(F)F)nn(-c3ccccc3)c2O[C@@H]1c1ccc(Br)cc1. The molecule has 0 spiro atoms. The predicted octanol–water partition coefficient (Wildman–Crippen LogP) is 6.75. The largest absolute Gasteiger partial charge is 0.468 e. The van der Waals surface area contributed by atoms with Crippen LogP contribution in [0.1, 0.15) is 39.2 Å². The van der Waals surface area contributed by atoms with E-state index in [2.05, 4.69) is 21.0 Å². The van der Waals surface area contributed by atoms with Crippen LogP contribution in [0, 0.1) is 0 Å². The minimum Gasteiger partial charge on any atom is -0.468 e. The zero-order valence-corrected chi connectivity index (χ0v) is 18.5. The summed E-state index contributed by atoms with van der Waals surface area (Å²) < 4.78 is 50.5. The van der Waals surface area contributed by atoms with Gasteiger partial charge in [-0.3, -0.25) is 4.79 Å². The number of halogens is 4. The summed E-state index contributed by atoms with van der Waals surface area (Å²) in [4.78, 5) is 13.6. The highest BCUT2D eigenvalue weighted by atomic mass is 79.9. The molecule has 3 aromatic carbocycles. The molecule has 2 heterocycles. The maximum atomic E-state index is 14.1. The fourth-order valence-electron chi connectivity index (χ4n) is 4.07. The quantitative estimate of drug-likeness (QED) is 0.284. The number of hydrogen-bond donors (Lipinski definition) is 0. The van der Waals surface area contributed by atoms with E-state index in [1.165, 1.54) is 0 Å². The van der Waals surface area contributed by atoms with Crippen LogP contribution in [0.4, 0.5) is 13.2 Å². The number of Topliss-reactive ketones (excluding diaryl/α,β-unsaturated/α-hetero) is 1. The van der Waals surface area contributed by atoms with Crippen molar-refractivity contribution in [3.63, 3.8) is 0 Å². The molecule has 1 aromatic heterocycles. The molecule has 8 heteroatoms. The summed E-state index contributed by atoms with van der Waals surface area (Å²) in [6.07, 6.45) is -5.70. The van der Waals surface area contributed by atoms with E-state index in [1.54, 1.807) is 84.9 Å². The molecule has 0 aliphatic carbocycles. The van der Waals surface area contributed by atoms with E-state index < -0.39 is 29.7 Å². The van der Waals surface area contributed by atoms with Gasteiger partial charge in [0.05, 0.1) is 17.2 Å². The number of nitrogens with zero attached hydrogens (tertiary/aromatic N) is 2. The van der Waals surface area contributed by atoms with Crippen LogP contribution in [0.3, 0.4) is 0 Å². The van der Waals surface area contributed by atoms with Gasteiger partial charge in [-0.05, 0) is 29.8 Å². The standard InChI is InChI=1S/C25H16BrF3N2O2/c26-17-13-11-16(12-14-17)22-19(21(32)15-7-3-1-4-8-15)20-23(25(27,28)29)30-31(24(20)33-22)18-9-5-2-6-10-18/h1-14,19,22H/t19-,22-/m1/s1. The van der Waals surface area contributed by atoms with Crippen LogP contribution in [-0.2, 0) is 6.18 Å². The summed E-state index contributed by atoms with van der Waals surface area (Å²) in [6.45, 7) is 0. The number of ether oxygens (including phenoxy) is 1. The molecule has 166 valence electrons. The average molecular weight is 513 g/mol. The lowest BCUT2D eigenvalue weighted by Crippen LogP contribution is -2.22. The Morgan fingerprint density at radius 3 is 2.12 bits per heavy atom. The fourth-order valence-corrected chi connectivity index (χ4v) is 4.33. The number of aromatic nitrogens is 2. The zero-order chi connectivity index (χ0) is 23.2. The lowest BCUT2D eigenvalue weighted by atomic mass is 9.84. The van der Waals surface area contributed by atoms with Crippen LogP contribution in [0.5, 0.6) is 5.88 Å². The maximum absolute atomic E-state index is 14.1. The molecule has 0 saturated heterocycles. The van der Waals surface area contributed by atoms with Gasteiger partial charge in [-0.25, -0.2) is 4.68 Å². The molecule has 4 aromatic rings. The highest BCUT2D eigenvalue weighted by Crippen LogP contribution is 2.52. The average Bonchev–Trinajstić information content (AvgIpc) is 3.37. The lowest BCUT2D eigenvalue weighted by molar-refractivity contribution is -0.142. The van der Waals surface area contributed by atoms with Gasteiger partial charge >= 0.3 is 6.18 Å². The van der Waals surface area contributed by atoms with Crippen molar-refractivity contribution in [1.29, 1.82) is 0 Å². The number of alkyl halides is 3. The highest BCUT2D eigenvalue weighted by molar-refractivity contribution is 9.10. The van der Waals surface area contributed by atoms with Crippen molar-refractivity contribution >= 4 is 21.7 Å². The molecule has 33 heavy (non-hydrogen) atoms. The number of hydrogen-bond acceptors (Lipinski definition) is 3. The van der Waals surface area contributed by atoms with Gasteiger partial charge in [-0.2, -0.15) is 18.3 Å². The minimum absolute atomic E-state index is 0.0734. The van der Waals surface area contributed by atoms with Crippen LogP contribution in [0.2, 0.25) is 0 Å². The number of carbonyl (C=O) groups excluding carboxylic acids is 1.